The summed E-state index contributed by atoms with van der Waals surface area (Å²) in [6, 6.07) is 0.822. The first-order chi connectivity index (χ1) is 20.0. The minimum atomic E-state index is 0.417. The van der Waals surface area contributed by atoms with Gasteiger partial charge in [0.2, 0.25) is 0 Å². The molecule has 0 radical (unpaired) electrons. The van der Waals surface area contributed by atoms with Crippen LogP contribution in [0.1, 0.15) is 176 Å². The Labute approximate surface area is 258 Å². The molecule has 0 spiro atoms. The highest BCUT2D eigenvalue weighted by Gasteiger charge is 2.27. The molecule has 41 heavy (non-hydrogen) atoms. The number of rotatable bonds is 13. The van der Waals surface area contributed by atoms with Crippen molar-refractivity contribution in [1.82, 2.24) is 9.80 Å². The average molecular weight is 579 g/mol. The molecule has 244 valence electrons. The average Bonchev–Trinajstić information content (AvgIpc) is 2.91. The predicted octanol–water partition coefficient (Wildman–Crippen LogP) is 10.2. The molecule has 4 atom stereocenters. The van der Waals surface area contributed by atoms with Crippen LogP contribution in [0.5, 0.6) is 0 Å². The maximum absolute atomic E-state index is 5.90. The summed E-state index contributed by atoms with van der Waals surface area (Å²) < 4.78 is 11.7. The van der Waals surface area contributed by atoms with Crippen LogP contribution < -0.4 is 0 Å². The molecule has 2 heterocycles. The van der Waals surface area contributed by atoms with Gasteiger partial charge in [0.15, 0.2) is 0 Å². The third-order valence-corrected chi connectivity index (χ3v) is 9.61. The van der Waals surface area contributed by atoms with Crippen LogP contribution in [-0.4, -0.2) is 73.0 Å². The molecule has 2 aliphatic heterocycles. The van der Waals surface area contributed by atoms with E-state index in [4.69, 9.17) is 9.47 Å². The van der Waals surface area contributed by atoms with Gasteiger partial charge >= 0.3 is 0 Å². The van der Waals surface area contributed by atoms with Gasteiger partial charge in [-0.1, -0.05) is 129 Å². The summed E-state index contributed by atoms with van der Waals surface area (Å²) in [6.07, 6.45) is 33.4. The van der Waals surface area contributed by atoms with Gasteiger partial charge < -0.3 is 9.47 Å². The van der Waals surface area contributed by atoms with Crippen LogP contribution in [-0.2, 0) is 9.47 Å². The fourth-order valence-corrected chi connectivity index (χ4v) is 7.49. The van der Waals surface area contributed by atoms with Crippen molar-refractivity contribution in [2.24, 2.45) is 0 Å². The first-order valence-corrected chi connectivity index (χ1v) is 18.7. The van der Waals surface area contributed by atoms with Gasteiger partial charge in [-0.15, -0.1) is 0 Å². The van der Waals surface area contributed by atoms with E-state index in [0.29, 0.717) is 24.4 Å². The maximum Gasteiger partial charge on any atom is 0.0678 e. The molecule has 4 nitrogen and oxygen atoms in total. The van der Waals surface area contributed by atoms with Gasteiger partial charge in [-0.25, -0.2) is 0 Å². The molecule has 0 N–H and O–H groups in total. The molecule has 4 unspecified atom stereocenters. The van der Waals surface area contributed by atoms with Crippen LogP contribution in [0.4, 0.5) is 0 Å². The molecule has 0 bridgehead atoms. The Hall–Kier alpha value is -0.160. The minimum Gasteiger partial charge on any atom is -0.373 e. The lowest BCUT2D eigenvalue weighted by Gasteiger charge is -2.40. The van der Waals surface area contributed by atoms with E-state index in [1.807, 2.05) is 0 Å². The zero-order chi connectivity index (χ0) is 29.5. The number of nitrogens with zero attached hydrogens (tertiary/aromatic N) is 2. The second-order valence-electron chi connectivity index (χ2n) is 14.2. The van der Waals surface area contributed by atoms with E-state index in [-0.39, 0.29) is 0 Å². The fourth-order valence-electron chi connectivity index (χ4n) is 7.49. The van der Waals surface area contributed by atoms with Gasteiger partial charge in [0.1, 0.15) is 0 Å². The first kappa shape index (κ1) is 37.0. The summed E-state index contributed by atoms with van der Waals surface area (Å²) in [5.74, 6) is 0. The van der Waals surface area contributed by atoms with E-state index in [1.165, 1.54) is 148 Å². The molecule has 4 heteroatoms. The molecule has 0 amide bonds. The molecule has 3 aliphatic rings. The van der Waals surface area contributed by atoms with Crippen molar-refractivity contribution in [2.45, 2.75) is 206 Å². The third kappa shape index (κ3) is 19.0. The van der Waals surface area contributed by atoms with Gasteiger partial charge in [-0.05, 0) is 53.5 Å². The second kappa shape index (κ2) is 24.2. The predicted molar refractivity (Wildman–Crippen MR) is 179 cm³/mol. The molecule has 0 aromatic carbocycles. The second-order valence-corrected chi connectivity index (χ2v) is 14.2. The van der Waals surface area contributed by atoms with E-state index in [2.05, 4.69) is 44.4 Å². The molecule has 2 saturated heterocycles. The van der Waals surface area contributed by atoms with Crippen LogP contribution in [0.3, 0.4) is 0 Å². The summed E-state index contributed by atoms with van der Waals surface area (Å²) in [6.45, 7) is 17.0. The Morgan fingerprint density at radius 3 is 1.27 bits per heavy atom. The summed E-state index contributed by atoms with van der Waals surface area (Å²) in [7, 11) is 0. The molecule has 3 fully saturated rings. The SMILES string of the molecule is CC1CN(C2CCCCCCCCCCC2)CC(C)O1.CCCCCCCCCCCCCN1CC(C)OC(C)C1. The molecule has 0 aromatic rings. The molecule has 0 aromatic heterocycles. The Kier molecular flexibility index (Phi) is 21.9. The van der Waals surface area contributed by atoms with Crippen LogP contribution in [0.25, 0.3) is 0 Å². The number of hydrogen-bond acceptors (Lipinski definition) is 4. The van der Waals surface area contributed by atoms with Gasteiger partial charge in [0.25, 0.3) is 0 Å². The number of ether oxygens (including phenoxy) is 2. The van der Waals surface area contributed by atoms with Crippen molar-refractivity contribution in [1.29, 1.82) is 0 Å². The van der Waals surface area contributed by atoms with Crippen molar-refractivity contribution in [3.8, 4) is 0 Å². The number of hydrogen-bond donors (Lipinski definition) is 0. The van der Waals surface area contributed by atoms with Crippen molar-refractivity contribution >= 4 is 0 Å². The summed E-state index contributed by atoms with van der Waals surface area (Å²) in [5, 5.41) is 0. The van der Waals surface area contributed by atoms with Crippen LogP contribution in [0.2, 0.25) is 0 Å². The van der Waals surface area contributed by atoms with Gasteiger partial charge in [-0.3, -0.25) is 9.80 Å². The topological polar surface area (TPSA) is 24.9 Å². The van der Waals surface area contributed by atoms with Gasteiger partial charge in [0, 0.05) is 32.2 Å². The zero-order valence-corrected chi connectivity index (χ0v) is 28.7. The van der Waals surface area contributed by atoms with Crippen LogP contribution in [0, 0.1) is 0 Å². The maximum atomic E-state index is 5.90. The smallest absolute Gasteiger partial charge is 0.0678 e. The summed E-state index contributed by atoms with van der Waals surface area (Å²) in [4.78, 5) is 5.33. The normalized spacial score (nSPS) is 28.3. The lowest BCUT2D eigenvalue weighted by Crippen LogP contribution is -2.50. The fraction of sp³-hybridized carbons (Fsp3) is 1.00. The zero-order valence-electron chi connectivity index (χ0n) is 28.7. The largest absolute Gasteiger partial charge is 0.373 e. The molecule has 1 saturated carbocycles. The van der Waals surface area contributed by atoms with E-state index in [9.17, 15) is 0 Å². The van der Waals surface area contributed by atoms with Crippen molar-refractivity contribution in [3.05, 3.63) is 0 Å². The van der Waals surface area contributed by atoms with E-state index >= 15 is 0 Å². The van der Waals surface area contributed by atoms with Crippen LogP contribution >= 0.6 is 0 Å². The van der Waals surface area contributed by atoms with E-state index in [1.54, 1.807) is 0 Å². The molecule has 3 rings (SSSR count). The van der Waals surface area contributed by atoms with Gasteiger partial charge in [-0.2, -0.15) is 0 Å². The Morgan fingerprint density at radius 2 is 0.829 bits per heavy atom. The molecule has 1 aliphatic carbocycles. The number of morpholine rings is 2. The van der Waals surface area contributed by atoms with Crippen molar-refractivity contribution in [3.63, 3.8) is 0 Å². The third-order valence-electron chi connectivity index (χ3n) is 9.61. The summed E-state index contributed by atoms with van der Waals surface area (Å²) >= 11 is 0. The van der Waals surface area contributed by atoms with Crippen molar-refractivity contribution in [2.75, 3.05) is 32.7 Å². The monoisotopic (exact) mass is 579 g/mol. The lowest BCUT2D eigenvalue weighted by atomic mass is 9.96. The van der Waals surface area contributed by atoms with E-state index < -0.39 is 0 Å². The Balaban J connectivity index is 0.000000287. The quantitative estimate of drug-likeness (QED) is 0.203. The lowest BCUT2D eigenvalue weighted by molar-refractivity contribution is -0.0825. The highest BCUT2D eigenvalue weighted by Crippen LogP contribution is 2.23. The summed E-state index contributed by atoms with van der Waals surface area (Å²) in [5.41, 5.74) is 0. The standard InChI is InChI=1S/C19H39NO.C18H35NO/c1-4-5-6-7-8-9-10-11-12-13-14-15-20-16-18(2)21-19(3)17-20;1-16-14-19(15-17(2)20-16)18-12-10-8-6-4-3-5-7-9-11-13-18/h18-19H,4-17H2,1-3H3;16-18H,3-15H2,1-2H3. The van der Waals surface area contributed by atoms with Crippen molar-refractivity contribution < 1.29 is 9.47 Å². The van der Waals surface area contributed by atoms with Crippen LogP contribution in [0.15, 0.2) is 0 Å². The highest BCUT2D eigenvalue weighted by molar-refractivity contribution is 4.80. The molecular formula is C37H74N2O2. The first-order valence-electron chi connectivity index (χ1n) is 18.7. The minimum absolute atomic E-state index is 0.417. The Bertz CT molecular complexity index is 555. The Morgan fingerprint density at radius 1 is 0.463 bits per heavy atom. The molecular weight excluding hydrogens is 504 g/mol. The van der Waals surface area contributed by atoms with E-state index in [0.717, 1.165) is 32.2 Å². The van der Waals surface area contributed by atoms with Gasteiger partial charge in [0.05, 0.1) is 24.4 Å². The number of unbranched alkanes of at least 4 members (excludes halogenated alkanes) is 10. The highest BCUT2D eigenvalue weighted by atomic mass is 16.5.